The molecular formula is C10H6F4N4. The van der Waals surface area contributed by atoms with Gasteiger partial charge in [0.1, 0.15) is 5.82 Å². The highest BCUT2D eigenvalue weighted by molar-refractivity contribution is 5.63. The number of halogens is 4. The maximum absolute atomic E-state index is 12.7. The monoisotopic (exact) mass is 258 g/mol. The zero-order chi connectivity index (χ0) is 13.3. The minimum Gasteiger partial charge on any atom is -0.384 e. The Hall–Kier alpha value is -2.25. The van der Waals surface area contributed by atoms with Crippen molar-refractivity contribution in [2.75, 3.05) is 5.73 Å². The molecule has 2 aromatic heterocycles. The van der Waals surface area contributed by atoms with Crippen molar-refractivity contribution < 1.29 is 17.6 Å². The molecule has 0 fully saturated rings. The second-order valence-corrected chi connectivity index (χ2v) is 3.38. The van der Waals surface area contributed by atoms with E-state index in [9.17, 15) is 17.6 Å². The molecule has 0 aliphatic rings. The number of hydrogen-bond donors (Lipinski definition) is 1. The van der Waals surface area contributed by atoms with Crippen molar-refractivity contribution in [3.63, 3.8) is 0 Å². The lowest BCUT2D eigenvalue weighted by Gasteiger charge is -2.11. The highest BCUT2D eigenvalue weighted by Crippen LogP contribution is 2.35. The van der Waals surface area contributed by atoms with Crippen LogP contribution in [0, 0.1) is 5.82 Å². The van der Waals surface area contributed by atoms with Crippen LogP contribution in [0.1, 0.15) is 5.56 Å². The largest absolute Gasteiger partial charge is 0.418 e. The van der Waals surface area contributed by atoms with Crippen molar-refractivity contribution in [1.29, 1.82) is 0 Å². The summed E-state index contributed by atoms with van der Waals surface area (Å²) in [6.07, 6.45) is -2.47. The molecular weight excluding hydrogens is 252 g/mol. The number of pyridine rings is 1. The molecule has 0 aliphatic heterocycles. The molecule has 2 aromatic rings. The molecule has 0 saturated carbocycles. The zero-order valence-electron chi connectivity index (χ0n) is 8.74. The second-order valence-electron chi connectivity index (χ2n) is 3.38. The fourth-order valence-corrected chi connectivity index (χ4v) is 1.33. The highest BCUT2D eigenvalue weighted by atomic mass is 19.4. The molecule has 4 nitrogen and oxygen atoms in total. The van der Waals surface area contributed by atoms with E-state index >= 15 is 0 Å². The third-order valence-corrected chi connectivity index (χ3v) is 2.09. The molecule has 8 heteroatoms. The first kappa shape index (κ1) is 12.2. The van der Waals surface area contributed by atoms with Crippen LogP contribution in [0.15, 0.2) is 24.7 Å². The van der Waals surface area contributed by atoms with Crippen LogP contribution in [0.3, 0.4) is 0 Å². The van der Waals surface area contributed by atoms with E-state index in [0.717, 1.165) is 18.5 Å². The van der Waals surface area contributed by atoms with E-state index in [1.807, 2.05) is 0 Å². The van der Waals surface area contributed by atoms with Gasteiger partial charge in [-0.1, -0.05) is 0 Å². The van der Waals surface area contributed by atoms with Crippen molar-refractivity contribution in [2.45, 2.75) is 6.18 Å². The number of nitrogens with zero attached hydrogens (tertiary/aromatic N) is 3. The molecule has 0 unspecified atom stereocenters. The summed E-state index contributed by atoms with van der Waals surface area (Å²) in [4.78, 5) is 10.4. The lowest BCUT2D eigenvalue weighted by Crippen LogP contribution is -2.10. The first-order chi connectivity index (χ1) is 8.38. The van der Waals surface area contributed by atoms with Gasteiger partial charge in [-0.05, 0) is 6.07 Å². The average Bonchev–Trinajstić information content (AvgIpc) is 2.28. The fraction of sp³-hybridized carbons (Fsp3) is 0.100. The Morgan fingerprint density at radius 2 is 1.61 bits per heavy atom. The molecule has 0 radical (unpaired) electrons. The van der Waals surface area contributed by atoms with Crippen LogP contribution >= 0.6 is 0 Å². The van der Waals surface area contributed by atoms with Crippen LogP contribution in [-0.4, -0.2) is 15.0 Å². The Kier molecular flexibility index (Phi) is 2.85. The smallest absolute Gasteiger partial charge is 0.384 e. The number of alkyl halides is 3. The van der Waals surface area contributed by atoms with Gasteiger partial charge in [0, 0.05) is 11.8 Å². The third-order valence-electron chi connectivity index (χ3n) is 2.09. The van der Waals surface area contributed by atoms with Gasteiger partial charge in [0.05, 0.1) is 18.0 Å². The van der Waals surface area contributed by atoms with E-state index < -0.39 is 17.6 Å². The van der Waals surface area contributed by atoms with Gasteiger partial charge < -0.3 is 5.73 Å². The second kappa shape index (κ2) is 4.21. The molecule has 0 atom stereocenters. The summed E-state index contributed by atoms with van der Waals surface area (Å²) >= 11 is 0. The van der Waals surface area contributed by atoms with Crippen LogP contribution in [0.5, 0.6) is 0 Å². The van der Waals surface area contributed by atoms with Gasteiger partial charge in [0.25, 0.3) is 0 Å². The summed E-state index contributed by atoms with van der Waals surface area (Å²) in [5, 5.41) is 0. The summed E-state index contributed by atoms with van der Waals surface area (Å²) in [6, 6.07) is 0.996. The predicted octanol–water partition coefficient (Wildman–Crippen LogP) is 2.28. The number of hydrogen-bond acceptors (Lipinski definition) is 4. The molecule has 2 rings (SSSR count). The lowest BCUT2D eigenvalue weighted by atomic mass is 10.1. The normalized spacial score (nSPS) is 11.6. The van der Waals surface area contributed by atoms with E-state index in [1.54, 1.807) is 0 Å². The minimum absolute atomic E-state index is 0.106. The van der Waals surface area contributed by atoms with E-state index in [0.29, 0.717) is 6.20 Å². The van der Waals surface area contributed by atoms with Crippen LogP contribution in [-0.2, 0) is 6.18 Å². The molecule has 0 aromatic carbocycles. The quantitative estimate of drug-likeness (QED) is 0.797. The van der Waals surface area contributed by atoms with Crippen LogP contribution in [0.25, 0.3) is 11.4 Å². The van der Waals surface area contributed by atoms with Gasteiger partial charge in [0.2, 0.25) is 0 Å². The molecule has 2 N–H and O–H groups in total. The Morgan fingerprint density at radius 1 is 1.00 bits per heavy atom. The highest BCUT2D eigenvalue weighted by Gasteiger charge is 2.35. The van der Waals surface area contributed by atoms with Gasteiger partial charge in [-0.25, -0.2) is 19.3 Å². The molecule has 18 heavy (non-hydrogen) atoms. The number of nitrogen functional groups attached to an aromatic ring is 1. The van der Waals surface area contributed by atoms with Gasteiger partial charge in [0.15, 0.2) is 11.6 Å². The number of nitrogens with two attached hydrogens (primary N) is 1. The molecule has 94 valence electrons. The van der Waals surface area contributed by atoms with Crippen molar-refractivity contribution >= 4 is 5.82 Å². The van der Waals surface area contributed by atoms with Crippen LogP contribution < -0.4 is 5.73 Å². The summed E-state index contributed by atoms with van der Waals surface area (Å²) < 4.78 is 50.8. The summed E-state index contributed by atoms with van der Waals surface area (Å²) in [5.74, 6) is -1.11. The molecule has 0 aliphatic carbocycles. The zero-order valence-corrected chi connectivity index (χ0v) is 8.74. The van der Waals surface area contributed by atoms with Crippen molar-refractivity contribution in [3.8, 4) is 11.4 Å². The molecule has 0 amide bonds. The third kappa shape index (κ3) is 2.36. The first-order valence-electron chi connectivity index (χ1n) is 4.68. The van der Waals surface area contributed by atoms with Gasteiger partial charge in [-0.15, -0.1) is 0 Å². The first-order valence-corrected chi connectivity index (χ1v) is 4.68. The van der Waals surface area contributed by atoms with E-state index in [-0.39, 0.29) is 17.2 Å². The number of aromatic nitrogens is 3. The number of anilines is 1. The van der Waals surface area contributed by atoms with E-state index in [1.165, 1.54) is 0 Å². The lowest BCUT2D eigenvalue weighted by molar-refractivity contribution is -0.137. The Balaban J connectivity index is 2.62. The van der Waals surface area contributed by atoms with Crippen LogP contribution in [0.4, 0.5) is 23.4 Å². The van der Waals surface area contributed by atoms with Gasteiger partial charge in [-0.2, -0.15) is 13.2 Å². The Morgan fingerprint density at radius 3 is 2.17 bits per heavy atom. The molecule has 0 spiro atoms. The van der Waals surface area contributed by atoms with Gasteiger partial charge >= 0.3 is 6.18 Å². The maximum Gasteiger partial charge on any atom is 0.418 e. The fourth-order valence-electron chi connectivity index (χ4n) is 1.33. The van der Waals surface area contributed by atoms with Gasteiger partial charge in [-0.3, -0.25) is 0 Å². The molecule has 2 heterocycles. The molecule has 0 saturated heterocycles. The van der Waals surface area contributed by atoms with Crippen LogP contribution in [0.2, 0.25) is 0 Å². The molecule has 0 bridgehead atoms. The summed E-state index contributed by atoms with van der Waals surface area (Å²) in [7, 11) is 0. The maximum atomic E-state index is 12.7. The average molecular weight is 258 g/mol. The SMILES string of the molecule is Nc1cc(-c2ncc(F)cn2)c(C(F)(F)F)cn1. The van der Waals surface area contributed by atoms with Crippen molar-refractivity contribution in [1.82, 2.24) is 15.0 Å². The Bertz CT molecular complexity index is 565. The van der Waals surface area contributed by atoms with Crippen molar-refractivity contribution in [3.05, 3.63) is 36.0 Å². The topological polar surface area (TPSA) is 64.7 Å². The van der Waals surface area contributed by atoms with E-state index in [4.69, 9.17) is 5.73 Å². The summed E-state index contributed by atoms with van der Waals surface area (Å²) in [5.41, 5.74) is 3.97. The standard InChI is InChI=1S/C10H6F4N4/c11-5-2-17-9(18-3-5)6-1-8(15)16-4-7(6)10(12,13)14/h1-4H,(H2,15,16). The van der Waals surface area contributed by atoms with Crippen molar-refractivity contribution in [2.24, 2.45) is 0 Å². The summed E-state index contributed by atoms with van der Waals surface area (Å²) in [6.45, 7) is 0. The minimum atomic E-state index is -4.62. The Labute approximate surface area is 98.5 Å². The number of rotatable bonds is 1. The van der Waals surface area contributed by atoms with E-state index in [2.05, 4.69) is 15.0 Å². The predicted molar refractivity (Wildman–Crippen MR) is 54.6 cm³/mol.